The number of pyridine rings is 1. The van der Waals surface area contributed by atoms with Crippen molar-refractivity contribution >= 4 is 35.6 Å². The number of hydrogen-bond acceptors (Lipinski definition) is 5. The first-order chi connectivity index (χ1) is 12.9. The van der Waals surface area contributed by atoms with Crippen molar-refractivity contribution in [2.24, 2.45) is 4.99 Å². The summed E-state index contributed by atoms with van der Waals surface area (Å²) >= 11 is 0. The second-order valence-corrected chi connectivity index (χ2v) is 6.28. The molecule has 1 saturated heterocycles. The van der Waals surface area contributed by atoms with E-state index in [-0.39, 0.29) is 30.1 Å². The molecular weight excluding hydrogens is 459 g/mol. The Morgan fingerprint density at radius 2 is 2.15 bits per heavy atom. The van der Waals surface area contributed by atoms with E-state index in [1.165, 1.54) is 0 Å². The number of aliphatic imine (C=N–C) groups is 1. The molecule has 0 aromatic carbocycles. The summed E-state index contributed by atoms with van der Waals surface area (Å²) in [5.41, 5.74) is 0.888. The summed E-state index contributed by atoms with van der Waals surface area (Å²) in [5.74, 6) is 1.80. The molecule has 1 unspecified atom stereocenters. The zero-order chi connectivity index (χ0) is 18.0. The molecule has 2 N–H and O–H groups in total. The minimum absolute atomic E-state index is 0. The van der Waals surface area contributed by atoms with Gasteiger partial charge in [0.2, 0.25) is 0 Å². The van der Waals surface area contributed by atoms with Crippen molar-refractivity contribution in [3.63, 3.8) is 0 Å². The van der Waals surface area contributed by atoms with Crippen molar-refractivity contribution in [2.45, 2.75) is 31.8 Å². The van der Waals surface area contributed by atoms with Gasteiger partial charge in [-0.15, -0.1) is 34.2 Å². The van der Waals surface area contributed by atoms with Crippen LogP contribution in [0.3, 0.4) is 0 Å². The highest BCUT2D eigenvalue weighted by Crippen LogP contribution is 2.08. The summed E-state index contributed by atoms with van der Waals surface area (Å²) in [6.07, 6.45) is 6.06. The van der Waals surface area contributed by atoms with Crippen LogP contribution in [0, 0.1) is 0 Å². The van der Waals surface area contributed by atoms with E-state index in [9.17, 15) is 0 Å². The van der Waals surface area contributed by atoms with Gasteiger partial charge in [-0.2, -0.15) is 0 Å². The van der Waals surface area contributed by atoms with Crippen molar-refractivity contribution < 1.29 is 9.47 Å². The molecule has 3 heterocycles. The molecule has 27 heavy (non-hydrogen) atoms. The summed E-state index contributed by atoms with van der Waals surface area (Å²) in [7, 11) is 1.79. The number of ether oxygens (including phenoxy) is 2. The predicted octanol–water partition coefficient (Wildman–Crippen LogP) is 1.64. The molecule has 2 aromatic rings. The van der Waals surface area contributed by atoms with Crippen LogP contribution in [0.4, 0.5) is 0 Å². The highest BCUT2D eigenvalue weighted by molar-refractivity contribution is 14.0. The fourth-order valence-electron chi connectivity index (χ4n) is 2.91. The number of aryl methyl sites for hydroxylation is 1. The van der Waals surface area contributed by atoms with Gasteiger partial charge in [0.25, 0.3) is 0 Å². The third kappa shape index (κ3) is 6.89. The smallest absolute Gasteiger partial charge is 0.190 e. The third-order valence-electron chi connectivity index (χ3n) is 4.33. The molecule has 8 nitrogen and oxygen atoms in total. The molecule has 1 fully saturated rings. The molecule has 1 aliphatic heterocycles. The Balaban J connectivity index is 0.00000261. The first-order valence-corrected chi connectivity index (χ1v) is 9.29. The first-order valence-electron chi connectivity index (χ1n) is 9.29. The second kappa shape index (κ2) is 12.1. The van der Waals surface area contributed by atoms with E-state index in [0.717, 1.165) is 76.0 Å². The van der Waals surface area contributed by atoms with Gasteiger partial charge < -0.3 is 20.1 Å². The minimum atomic E-state index is 0. The van der Waals surface area contributed by atoms with Gasteiger partial charge in [-0.25, -0.2) is 0 Å². The van der Waals surface area contributed by atoms with Crippen LogP contribution in [-0.2, 0) is 15.9 Å². The molecule has 0 bridgehead atoms. The van der Waals surface area contributed by atoms with Crippen molar-refractivity contribution in [1.29, 1.82) is 0 Å². The lowest BCUT2D eigenvalue weighted by Crippen LogP contribution is -2.38. The van der Waals surface area contributed by atoms with E-state index in [1.807, 2.05) is 28.8 Å². The molecule has 3 rings (SSSR count). The second-order valence-electron chi connectivity index (χ2n) is 6.28. The highest BCUT2D eigenvalue weighted by Gasteiger charge is 2.15. The van der Waals surface area contributed by atoms with Gasteiger partial charge in [0.1, 0.15) is 5.82 Å². The van der Waals surface area contributed by atoms with Crippen LogP contribution >= 0.6 is 24.0 Å². The molecule has 0 amide bonds. The van der Waals surface area contributed by atoms with Crippen molar-refractivity contribution in [2.75, 3.05) is 40.0 Å². The summed E-state index contributed by atoms with van der Waals surface area (Å²) in [6.45, 7) is 3.97. The van der Waals surface area contributed by atoms with Crippen molar-refractivity contribution in [3.05, 3.63) is 30.2 Å². The maximum Gasteiger partial charge on any atom is 0.190 e. The average molecular weight is 488 g/mol. The van der Waals surface area contributed by atoms with E-state index >= 15 is 0 Å². The molecule has 1 aliphatic rings. The minimum Gasteiger partial charge on any atom is -0.379 e. The zero-order valence-electron chi connectivity index (χ0n) is 15.8. The average Bonchev–Trinajstić information content (AvgIpc) is 3.33. The number of halogens is 1. The quantitative estimate of drug-likeness (QED) is 0.242. The van der Waals surface area contributed by atoms with Gasteiger partial charge in [-0.1, -0.05) is 6.07 Å². The fourth-order valence-corrected chi connectivity index (χ4v) is 2.91. The van der Waals surface area contributed by atoms with Gasteiger partial charge in [-0.05, 0) is 31.4 Å². The molecule has 0 saturated carbocycles. The van der Waals surface area contributed by atoms with Gasteiger partial charge >= 0.3 is 0 Å². The van der Waals surface area contributed by atoms with Crippen molar-refractivity contribution in [1.82, 2.24) is 25.2 Å². The lowest BCUT2D eigenvalue weighted by atomic mass is 10.3. The van der Waals surface area contributed by atoms with Crippen LogP contribution in [0.25, 0.3) is 5.65 Å². The molecule has 2 aromatic heterocycles. The van der Waals surface area contributed by atoms with Crippen molar-refractivity contribution in [3.8, 4) is 0 Å². The Morgan fingerprint density at radius 1 is 1.30 bits per heavy atom. The Labute approximate surface area is 177 Å². The molecule has 150 valence electrons. The van der Waals surface area contributed by atoms with Gasteiger partial charge in [0.15, 0.2) is 11.6 Å². The van der Waals surface area contributed by atoms with Crippen LogP contribution < -0.4 is 10.6 Å². The van der Waals surface area contributed by atoms with Crippen LogP contribution in [0.5, 0.6) is 0 Å². The molecule has 0 aliphatic carbocycles. The Morgan fingerprint density at radius 3 is 2.93 bits per heavy atom. The Bertz CT molecular complexity index is 702. The monoisotopic (exact) mass is 488 g/mol. The number of guanidine groups is 1. The number of fused-ring (bicyclic) bond motifs is 1. The number of aromatic nitrogens is 3. The Kier molecular flexibility index (Phi) is 9.78. The molecule has 9 heteroatoms. The van der Waals surface area contributed by atoms with E-state index < -0.39 is 0 Å². The van der Waals surface area contributed by atoms with E-state index in [0.29, 0.717) is 0 Å². The molecule has 1 atom stereocenters. The predicted molar refractivity (Wildman–Crippen MR) is 116 cm³/mol. The largest absolute Gasteiger partial charge is 0.379 e. The maximum absolute atomic E-state index is 5.75. The number of nitrogens with zero attached hydrogens (tertiary/aromatic N) is 4. The molecule has 0 radical (unpaired) electrons. The van der Waals surface area contributed by atoms with Gasteiger partial charge in [0.05, 0.1) is 12.7 Å². The Hall–Kier alpha value is -1.46. The lowest BCUT2D eigenvalue weighted by Gasteiger charge is -2.13. The zero-order valence-corrected chi connectivity index (χ0v) is 18.1. The van der Waals surface area contributed by atoms with E-state index in [4.69, 9.17) is 9.47 Å². The normalized spacial score (nSPS) is 17.1. The number of nitrogens with one attached hydrogen (secondary N) is 2. The standard InChI is InChI=1S/C18H28N6O2.HI/c1-19-18(21-10-5-12-26-15-8-13-25-14-15)20-9-4-7-17-23-22-16-6-2-3-11-24(16)17;/h2-3,6,11,15H,4-5,7-10,12-14H2,1H3,(H2,19,20,21);1H. The number of hydrogen-bond donors (Lipinski definition) is 2. The van der Waals surface area contributed by atoms with E-state index in [1.54, 1.807) is 7.05 Å². The third-order valence-corrected chi connectivity index (χ3v) is 4.33. The molecule has 0 spiro atoms. The SMILES string of the molecule is CN=C(NCCCOC1CCOC1)NCCCc1nnc2ccccn12.I. The summed E-state index contributed by atoms with van der Waals surface area (Å²) in [6, 6.07) is 5.93. The van der Waals surface area contributed by atoms with Gasteiger partial charge in [0, 0.05) is 46.0 Å². The first kappa shape index (κ1) is 21.8. The fraction of sp³-hybridized carbons (Fsp3) is 0.611. The van der Waals surface area contributed by atoms with E-state index in [2.05, 4.69) is 25.8 Å². The van der Waals surface area contributed by atoms with Crippen LogP contribution in [0.2, 0.25) is 0 Å². The summed E-state index contributed by atoms with van der Waals surface area (Å²) in [5, 5.41) is 15.1. The summed E-state index contributed by atoms with van der Waals surface area (Å²) < 4.78 is 13.1. The van der Waals surface area contributed by atoms with Crippen LogP contribution in [-0.4, -0.2) is 66.6 Å². The highest BCUT2D eigenvalue weighted by atomic mass is 127. The lowest BCUT2D eigenvalue weighted by molar-refractivity contribution is 0.0420. The van der Waals surface area contributed by atoms with Gasteiger partial charge in [-0.3, -0.25) is 9.39 Å². The summed E-state index contributed by atoms with van der Waals surface area (Å²) in [4.78, 5) is 4.25. The topological polar surface area (TPSA) is 85.1 Å². The maximum atomic E-state index is 5.75. The van der Waals surface area contributed by atoms with Crippen LogP contribution in [0.1, 0.15) is 25.1 Å². The molecular formula is C18H29IN6O2. The number of rotatable bonds is 9. The van der Waals surface area contributed by atoms with Crippen LogP contribution in [0.15, 0.2) is 29.4 Å².